The molecule has 7 heteroatoms. The van der Waals surface area contributed by atoms with Crippen LogP contribution < -0.4 is 5.73 Å². The van der Waals surface area contributed by atoms with Gasteiger partial charge in [0.2, 0.25) is 11.7 Å². The molecule has 0 aliphatic carbocycles. The van der Waals surface area contributed by atoms with E-state index in [9.17, 15) is 4.39 Å². The summed E-state index contributed by atoms with van der Waals surface area (Å²) >= 11 is 0. The molecule has 1 saturated heterocycles. The van der Waals surface area contributed by atoms with Crippen LogP contribution in [0, 0.1) is 5.82 Å². The lowest BCUT2D eigenvalue weighted by molar-refractivity contribution is 0.0297. The number of halogens is 1. The Bertz CT molecular complexity index is 626. The van der Waals surface area contributed by atoms with E-state index >= 15 is 0 Å². The van der Waals surface area contributed by atoms with Crippen molar-refractivity contribution < 1.29 is 13.7 Å². The van der Waals surface area contributed by atoms with Gasteiger partial charge < -0.3 is 15.0 Å². The molecular weight excluding hydrogens is 287 g/mol. The van der Waals surface area contributed by atoms with Crippen LogP contribution in [0.2, 0.25) is 0 Å². The lowest BCUT2D eigenvalue weighted by Crippen LogP contribution is -2.35. The Morgan fingerprint density at radius 3 is 2.86 bits per heavy atom. The molecule has 2 N–H and O–H groups in total. The van der Waals surface area contributed by atoms with Crippen molar-refractivity contribution in [1.29, 1.82) is 0 Å². The third-order valence-electron chi connectivity index (χ3n) is 3.64. The van der Waals surface area contributed by atoms with Gasteiger partial charge >= 0.3 is 0 Å². The number of hydrogen-bond acceptors (Lipinski definition) is 6. The van der Waals surface area contributed by atoms with E-state index in [-0.39, 0.29) is 11.6 Å². The molecule has 0 spiro atoms. The molecule has 118 valence electrons. The summed E-state index contributed by atoms with van der Waals surface area (Å²) < 4.78 is 24.5. The number of morpholine rings is 1. The Kier molecular flexibility index (Phi) is 4.77. The van der Waals surface area contributed by atoms with E-state index in [1.807, 2.05) is 0 Å². The van der Waals surface area contributed by atoms with E-state index in [0.717, 1.165) is 18.7 Å². The SMILES string of the molecule is NCCc1ccc(F)c(-c2noc(CN3CCOCC3)n2)c1. The number of hydrogen-bond donors (Lipinski definition) is 1. The summed E-state index contributed by atoms with van der Waals surface area (Å²) in [6, 6.07) is 4.87. The Hall–Kier alpha value is -1.83. The van der Waals surface area contributed by atoms with Gasteiger partial charge in [-0.15, -0.1) is 0 Å². The minimum atomic E-state index is -0.362. The minimum Gasteiger partial charge on any atom is -0.379 e. The zero-order valence-electron chi connectivity index (χ0n) is 12.3. The van der Waals surface area contributed by atoms with E-state index in [4.69, 9.17) is 15.0 Å². The van der Waals surface area contributed by atoms with Crippen LogP contribution in [0.25, 0.3) is 11.4 Å². The molecule has 6 nitrogen and oxygen atoms in total. The third-order valence-corrected chi connectivity index (χ3v) is 3.64. The van der Waals surface area contributed by atoms with Crippen LogP contribution in [0.15, 0.2) is 22.7 Å². The maximum absolute atomic E-state index is 14.0. The lowest BCUT2D eigenvalue weighted by Gasteiger charge is -2.24. The van der Waals surface area contributed by atoms with Gasteiger partial charge in [0.05, 0.1) is 25.3 Å². The molecule has 3 rings (SSSR count). The summed E-state index contributed by atoms with van der Waals surface area (Å²) in [7, 11) is 0. The largest absolute Gasteiger partial charge is 0.379 e. The van der Waals surface area contributed by atoms with E-state index in [1.165, 1.54) is 6.07 Å². The first-order chi connectivity index (χ1) is 10.8. The Balaban J connectivity index is 1.76. The summed E-state index contributed by atoms with van der Waals surface area (Å²) in [5.74, 6) is 0.402. The highest BCUT2D eigenvalue weighted by molar-refractivity contribution is 5.56. The zero-order chi connectivity index (χ0) is 15.4. The van der Waals surface area contributed by atoms with Crippen molar-refractivity contribution in [2.75, 3.05) is 32.8 Å². The van der Waals surface area contributed by atoms with Crippen molar-refractivity contribution in [3.8, 4) is 11.4 Å². The Morgan fingerprint density at radius 2 is 2.09 bits per heavy atom. The summed E-state index contributed by atoms with van der Waals surface area (Å²) in [6.45, 7) is 4.14. The van der Waals surface area contributed by atoms with E-state index in [1.54, 1.807) is 12.1 Å². The Morgan fingerprint density at radius 1 is 1.27 bits per heavy atom. The van der Waals surface area contributed by atoms with Crippen molar-refractivity contribution >= 4 is 0 Å². The van der Waals surface area contributed by atoms with Crippen molar-refractivity contribution in [2.24, 2.45) is 5.73 Å². The zero-order valence-corrected chi connectivity index (χ0v) is 12.3. The van der Waals surface area contributed by atoms with E-state index < -0.39 is 0 Å². The molecule has 0 radical (unpaired) electrons. The van der Waals surface area contributed by atoms with Crippen molar-refractivity contribution in [2.45, 2.75) is 13.0 Å². The average molecular weight is 306 g/mol. The lowest BCUT2D eigenvalue weighted by atomic mass is 10.1. The molecule has 1 aromatic carbocycles. The molecule has 1 aromatic heterocycles. The van der Waals surface area contributed by atoms with Crippen LogP contribution in [0.3, 0.4) is 0 Å². The van der Waals surface area contributed by atoms with Crippen molar-refractivity contribution in [3.05, 3.63) is 35.5 Å². The summed E-state index contributed by atoms with van der Waals surface area (Å²) in [4.78, 5) is 6.47. The standard InChI is InChI=1S/C15H19FN4O2/c16-13-2-1-11(3-4-17)9-12(13)15-18-14(22-19-15)10-20-5-7-21-8-6-20/h1-2,9H,3-8,10,17H2. The molecule has 1 fully saturated rings. The summed E-state index contributed by atoms with van der Waals surface area (Å²) in [5, 5.41) is 3.90. The van der Waals surface area contributed by atoms with E-state index in [2.05, 4.69) is 15.0 Å². The van der Waals surface area contributed by atoms with Crippen LogP contribution in [0.5, 0.6) is 0 Å². The molecule has 0 saturated carbocycles. The van der Waals surface area contributed by atoms with E-state index in [0.29, 0.717) is 44.2 Å². The van der Waals surface area contributed by atoms with Crippen LogP contribution in [-0.4, -0.2) is 47.9 Å². The number of ether oxygens (including phenoxy) is 1. The molecule has 0 amide bonds. The van der Waals surface area contributed by atoms with Crippen LogP contribution in [-0.2, 0) is 17.7 Å². The normalized spacial score (nSPS) is 16.1. The number of rotatable bonds is 5. The maximum Gasteiger partial charge on any atom is 0.241 e. The van der Waals surface area contributed by atoms with Crippen molar-refractivity contribution in [3.63, 3.8) is 0 Å². The quantitative estimate of drug-likeness (QED) is 0.894. The highest BCUT2D eigenvalue weighted by Gasteiger charge is 2.17. The summed E-state index contributed by atoms with van der Waals surface area (Å²) in [6.07, 6.45) is 0.686. The maximum atomic E-state index is 14.0. The van der Waals surface area contributed by atoms with Gasteiger partial charge in [-0.25, -0.2) is 4.39 Å². The van der Waals surface area contributed by atoms with Crippen LogP contribution >= 0.6 is 0 Å². The van der Waals surface area contributed by atoms with Gasteiger partial charge in [0.1, 0.15) is 5.82 Å². The average Bonchev–Trinajstić information content (AvgIpc) is 2.99. The second-order valence-corrected chi connectivity index (χ2v) is 5.25. The van der Waals surface area contributed by atoms with Gasteiger partial charge in [-0.1, -0.05) is 11.2 Å². The molecule has 0 unspecified atom stereocenters. The van der Waals surface area contributed by atoms with Gasteiger partial charge in [-0.05, 0) is 30.7 Å². The van der Waals surface area contributed by atoms with Gasteiger partial charge in [-0.3, -0.25) is 4.90 Å². The first-order valence-corrected chi connectivity index (χ1v) is 7.38. The van der Waals surface area contributed by atoms with Crippen LogP contribution in [0.4, 0.5) is 4.39 Å². The third kappa shape index (κ3) is 3.49. The topological polar surface area (TPSA) is 77.4 Å². The molecule has 0 bridgehead atoms. The predicted molar refractivity (Wildman–Crippen MR) is 78.5 cm³/mol. The molecular formula is C15H19FN4O2. The Labute approximate surface area is 128 Å². The first kappa shape index (κ1) is 15.1. The van der Waals surface area contributed by atoms with Gasteiger partial charge in [0.25, 0.3) is 0 Å². The fourth-order valence-electron chi connectivity index (χ4n) is 2.45. The number of nitrogens with zero attached hydrogens (tertiary/aromatic N) is 3. The van der Waals surface area contributed by atoms with Gasteiger partial charge in [0, 0.05) is 13.1 Å². The molecule has 0 atom stereocenters. The number of aromatic nitrogens is 2. The monoisotopic (exact) mass is 306 g/mol. The molecule has 22 heavy (non-hydrogen) atoms. The predicted octanol–water partition coefficient (Wildman–Crippen LogP) is 1.21. The fourth-order valence-corrected chi connectivity index (χ4v) is 2.45. The highest BCUT2D eigenvalue weighted by atomic mass is 19.1. The van der Waals surface area contributed by atoms with Crippen molar-refractivity contribution in [1.82, 2.24) is 15.0 Å². The molecule has 1 aliphatic heterocycles. The summed E-state index contributed by atoms with van der Waals surface area (Å²) in [5.41, 5.74) is 6.84. The molecule has 2 heterocycles. The fraction of sp³-hybridized carbons (Fsp3) is 0.467. The second kappa shape index (κ2) is 6.95. The highest BCUT2D eigenvalue weighted by Crippen LogP contribution is 2.22. The molecule has 2 aromatic rings. The van der Waals surface area contributed by atoms with Crippen LogP contribution in [0.1, 0.15) is 11.5 Å². The minimum absolute atomic E-state index is 0.277. The van der Waals surface area contributed by atoms with Gasteiger partial charge in [-0.2, -0.15) is 4.98 Å². The molecule has 1 aliphatic rings. The number of nitrogens with two attached hydrogens (primary N) is 1. The number of benzene rings is 1. The van der Waals surface area contributed by atoms with Gasteiger partial charge in [0.15, 0.2) is 0 Å². The smallest absolute Gasteiger partial charge is 0.241 e. The first-order valence-electron chi connectivity index (χ1n) is 7.38. The second-order valence-electron chi connectivity index (χ2n) is 5.25.